The number of pyridine rings is 1. The molecule has 0 bridgehead atoms. The van der Waals surface area contributed by atoms with E-state index in [1.165, 1.54) is 0 Å². The van der Waals surface area contributed by atoms with Crippen LogP contribution in [0.5, 0.6) is 11.8 Å². The molecule has 1 atom stereocenters. The van der Waals surface area contributed by atoms with Crippen molar-refractivity contribution in [2.24, 2.45) is 0 Å². The molecule has 0 amide bonds. The maximum absolute atomic E-state index is 6.45. The van der Waals surface area contributed by atoms with Gasteiger partial charge in [-0.3, -0.25) is 4.98 Å². The first-order valence-corrected chi connectivity index (χ1v) is 11.8. The number of hydrogen-bond donors (Lipinski definition) is 0. The first-order valence-electron chi connectivity index (χ1n) is 11.4. The molecule has 1 aliphatic heterocycles. The molecule has 1 aliphatic rings. The van der Waals surface area contributed by atoms with Gasteiger partial charge < -0.3 is 4.74 Å². The lowest BCUT2D eigenvalue weighted by Gasteiger charge is -2.26. The molecular weight excluding hydrogens is 474 g/mol. The summed E-state index contributed by atoms with van der Waals surface area (Å²) in [6, 6.07) is 21.4. The highest BCUT2D eigenvalue weighted by Crippen LogP contribution is 2.49. The van der Waals surface area contributed by atoms with Gasteiger partial charge in [-0.05, 0) is 42.8 Å². The van der Waals surface area contributed by atoms with E-state index in [1.54, 1.807) is 17.0 Å². The van der Waals surface area contributed by atoms with Crippen molar-refractivity contribution in [3.05, 3.63) is 113 Å². The lowest BCUT2D eigenvalue weighted by Crippen LogP contribution is -2.16. The number of aromatic nitrogens is 7. The summed E-state index contributed by atoms with van der Waals surface area (Å²) in [6.45, 7) is 1.99. The second kappa shape index (κ2) is 8.00. The van der Waals surface area contributed by atoms with Crippen molar-refractivity contribution < 1.29 is 4.74 Å². The number of hydrogen-bond acceptors (Lipinski definition) is 6. The van der Waals surface area contributed by atoms with E-state index in [0.29, 0.717) is 28.3 Å². The van der Waals surface area contributed by atoms with Crippen LogP contribution in [0.15, 0.2) is 85.5 Å². The molecule has 4 aromatic heterocycles. The molecule has 0 saturated heterocycles. The van der Waals surface area contributed by atoms with Gasteiger partial charge in [-0.1, -0.05) is 48.0 Å². The van der Waals surface area contributed by atoms with Crippen LogP contribution in [0.1, 0.15) is 28.3 Å². The van der Waals surface area contributed by atoms with Crippen LogP contribution in [-0.2, 0) is 0 Å². The molecule has 5 heterocycles. The van der Waals surface area contributed by atoms with Crippen LogP contribution in [0.2, 0.25) is 5.02 Å². The van der Waals surface area contributed by atoms with Crippen molar-refractivity contribution in [3.63, 3.8) is 0 Å². The molecule has 174 valence electrons. The van der Waals surface area contributed by atoms with E-state index in [9.17, 15) is 0 Å². The normalized spacial score (nSPS) is 14.3. The Balaban J connectivity index is 1.50. The molecule has 0 saturated carbocycles. The number of aryl methyl sites for hydroxylation is 1. The van der Waals surface area contributed by atoms with Gasteiger partial charge in [-0.25, -0.2) is 19.2 Å². The lowest BCUT2D eigenvalue weighted by molar-refractivity contribution is 0.402. The zero-order chi connectivity index (χ0) is 24.2. The topological polar surface area (TPSA) is 83.0 Å². The van der Waals surface area contributed by atoms with Gasteiger partial charge in [0.05, 0.1) is 33.4 Å². The Morgan fingerprint density at radius 2 is 1.75 bits per heavy atom. The molecule has 7 rings (SSSR count). The molecule has 6 aromatic rings. The molecule has 0 radical (unpaired) electrons. The second-order valence-electron chi connectivity index (χ2n) is 8.52. The maximum atomic E-state index is 6.45. The van der Waals surface area contributed by atoms with Gasteiger partial charge in [0, 0.05) is 18.0 Å². The van der Waals surface area contributed by atoms with E-state index < -0.39 is 0 Å². The van der Waals surface area contributed by atoms with Crippen LogP contribution in [0.4, 0.5) is 0 Å². The van der Waals surface area contributed by atoms with Crippen LogP contribution in [-0.4, -0.2) is 34.3 Å². The Morgan fingerprint density at radius 3 is 2.56 bits per heavy atom. The summed E-state index contributed by atoms with van der Waals surface area (Å²) in [6.07, 6.45) is 5.23. The van der Waals surface area contributed by atoms with Crippen molar-refractivity contribution in [2.45, 2.75) is 12.8 Å². The van der Waals surface area contributed by atoms with Crippen LogP contribution in [0.25, 0.3) is 22.7 Å². The number of benzene rings is 2. The van der Waals surface area contributed by atoms with Gasteiger partial charge in [-0.15, -0.1) is 5.10 Å². The number of rotatable bonds is 3. The van der Waals surface area contributed by atoms with Crippen molar-refractivity contribution in [3.8, 4) is 28.8 Å². The molecule has 8 nitrogen and oxygen atoms in total. The first-order chi connectivity index (χ1) is 17.7. The highest BCUT2D eigenvalue weighted by Gasteiger charge is 2.38. The Morgan fingerprint density at radius 1 is 0.917 bits per heavy atom. The molecule has 9 heteroatoms. The minimum atomic E-state index is -0.255. The zero-order valence-corrected chi connectivity index (χ0v) is 19.8. The molecule has 0 spiro atoms. The molecular formula is C27H18ClN7O. The summed E-state index contributed by atoms with van der Waals surface area (Å²) in [7, 11) is 0. The van der Waals surface area contributed by atoms with Gasteiger partial charge in [0.15, 0.2) is 11.5 Å². The van der Waals surface area contributed by atoms with Crippen LogP contribution < -0.4 is 4.74 Å². The fourth-order valence-corrected chi connectivity index (χ4v) is 4.98. The first kappa shape index (κ1) is 20.8. The summed E-state index contributed by atoms with van der Waals surface area (Å²) in [5.74, 6) is 1.35. The van der Waals surface area contributed by atoms with Gasteiger partial charge >= 0.3 is 0 Å². The molecule has 0 fully saturated rings. The van der Waals surface area contributed by atoms with Crippen molar-refractivity contribution >= 4 is 17.2 Å². The average molecular weight is 492 g/mol. The predicted octanol–water partition coefficient (Wildman–Crippen LogP) is 5.62. The van der Waals surface area contributed by atoms with Crippen molar-refractivity contribution in [1.29, 1.82) is 0 Å². The van der Waals surface area contributed by atoms with Crippen LogP contribution in [0, 0.1) is 6.92 Å². The number of nitrogens with zero attached hydrogens (tertiary/aromatic N) is 7. The van der Waals surface area contributed by atoms with Crippen LogP contribution in [0.3, 0.4) is 0 Å². The SMILES string of the molecule is Cc1nn(-c2ccccc2)c2c1[C@H](c1cccnc1)c1c(ncn3nc(-c4ccccc4Cl)nc13)O2. The average Bonchev–Trinajstić information content (AvgIpc) is 3.50. The third-order valence-corrected chi connectivity index (χ3v) is 6.68. The van der Waals surface area contributed by atoms with E-state index in [1.807, 2.05) is 84.5 Å². The Labute approximate surface area is 210 Å². The summed E-state index contributed by atoms with van der Waals surface area (Å²) < 4.78 is 9.94. The van der Waals surface area contributed by atoms with Crippen molar-refractivity contribution in [2.75, 3.05) is 0 Å². The molecule has 0 N–H and O–H groups in total. The van der Waals surface area contributed by atoms with E-state index in [4.69, 9.17) is 26.4 Å². The van der Waals surface area contributed by atoms with E-state index in [0.717, 1.165) is 33.6 Å². The largest absolute Gasteiger partial charge is 0.420 e. The summed E-state index contributed by atoms with van der Waals surface area (Å²) in [4.78, 5) is 13.9. The fourth-order valence-electron chi connectivity index (χ4n) is 4.76. The van der Waals surface area contributed by atoms with E-state index in [-0.39, 0.29) is 5.92 Å². The highest BCUT2D eigenvalue weighted by molar-refractivity contribution is 6.33. The third-order valence-electron chi connectivity index (χ3n) is 6.35. The van der Waals surface area contributed by atoms with Gasteiger partial charge in [0.25, 0.3) is 0 Å². The number of fused-ring (bicyclic) bond motifs is 4. The smallest absolute Gasteiger partial charge is 0.230 e. The fraction of sp³-hybridized carbons (Fsp3) is 0.0741. The minimum Gasteiger partial charge on any atom is -0.420 e. The lowest BCUT2D eigenvalue weighted by atomic mass is 9.85. The second-order valence-corrected chi connectivity index (χ2v) is 8.93. The van der Waals surface area contributed by atoms with Gasteiger partial charge in [0.2, 0.25) is 11.8 Å². The maximum Gasteiger partial charge on any atom is 0.230 e. The Kier molecular flexibility index (Phi) is 4.62. The highest BCUT2D eigenvalue weighted by atomic mass is 35.5. The Bertz CT molecular complexity index is 1750. The van der Waals surface area contributed by atoms with E-state index in [2.05, 4.69) is 15.1 Å². The quantitative estimate of drug-likeness (QED) is 0.319. The Hall–Kier alpha value is -4.56. The predicted molar refractivity (Wildman–Crippen MR) is 135 cm³/mol. The number of ether oxygens (including phenoxy) is 1. The molecule has 0 unspecified atom stereocenters. The van der Waals surface area contributed by atoms with E-state index >= 15 is 0 Å². The standard InChI is InChI=1S/C27H18ClN7O/c1-16-21-22(17-8-7-13-29-14-17)23-25-31-24(19-11-5-6-12-20(19)28)33-34(25)15-30-26(23)36-27(21)35(32-16)18-9-3-2-4-10-18/h2-15,22H,1H3/t22-/m0/s1. The third kappa shape index (κ3) is 3.11. The van der Waals surface area contributed by atoms with Gasteiger partial charge in [-0.2, -0.15) is 5.10 Å². The van der Waals surface area contributed by atoms with Crippen LogP contribution >= 0.6 is 11.6 Å². The summed E-state index contributed by atoms with van der Waals surface area (Å²) >= 11 is 6.45. The monoisotopic (exact) mass is 491 g/mol. The molecule has 2 aromatic carbocycles. The number of para-hydroxylation sites is 1. The van der Waals surface area contributed by atoms with Gasteiger partial charge in [0.1, 0.15) is 6.33 Å². The summed E-state index contributed by atoms with van der Waals surface area (Å²) in [5, 5.41) is 10.1. The molecule has 36 heavy (non-hydrogen) atoms. The minimum absolute atomic E-state index is 0.255. The molecule has 0 aliphatic carbocycles. The summed E-state index contributed by atoms with van der Waals surface area (Å²) in [5.41, 5.74) is 5.87. The number of halogens is 1. The van der Waals surface area contributed by atoms with Crippen molar-refractivity contribution in [1.82, 2.24) is 34.3 Å². The zero-order valence-electron chi connectivity index (χ0n) is 19.1.